The molecule has 0 saturated heterocycles. The molecule has 2 aromatic rings. The minimum atomic E-state index is 0.874. The highest BCUT2D eigenvalue weighted by Crippen LogP contribution is 2.29. The third-order valence-electron chi connectivity index (χ3n) is 1.96. The standard InChI is InChI=1S/C10H10O2.C2H6/c1-7-6-12-9-5-3-4-8(11-2)10(7)9;1-2/h3-6H,1-2H3;1-2H3. The number of benzene rings is 1. The largest absolute Gasteiger partial charge is 0.496 e. The molecule has 2 rings (SSSR count). The molecule has 2 nitrogen and oxygen atoms in total. The van der Waals surface area contributed by atoms with Crippen molar-refractivity contribution in [3.05, 3.63) is 30.0 Å². The van der Waals surface area contributed by atoms with Gasteiger partial charge in [-0.05, 0) is 24.6 Å². The second-order valence-corrected chi connectivity index (χ2v) is 2.75. The summed E-state index contributed by atoms with van der Waals surface area (Å²) in [6.45, 7) is 6.01. The second-order valence-electron chi connectivity index (χ2n) is 2.75. The van der Waals surface area contributed by atoms with E-state index in [0.29, 0.717) is 0 Å². The smallest absolute Gasteiger partial charge is 0.137 e. The van der Waals surface area contributed by atoms with Crippen molar-refractivity contribution >= 4 is 11.0 Å². The van der Waals surface area contributed by atoms with Gasteiger partial charge in [-0.3, -0.25) is 0 Å². The molecular weight excluding hydrogens is 176 g/mol. The molecule has 0 radical (unpaired) electrons. The second kappa shape index (κ2) is 4.70. The van der Waals surface area contributed by atoms with Crippen LogP contribution in [0.25, 0.3) is 11.0 Å². The molecular formula is C12H16O2. The Hall–Kier alpha value is -1.44. The zero-order valence-electron chi connectivity index (χ0n) is 9.13. The molecule has 0 fully saturated rings. The maximum atomic E-state index is 5.31. The fourth-order valence-electron chi connectivity index (χ4n) is 1.38. The highest BCUT2D eigenvalue weighted by molar-refractivity contribution is 5.87. The van der Waals surface area contributed by atoms with Crippen molar-refractivity contribution in [1.29, 1.82) is 0 Å². The molecule has 1 aromatic carbocycles. The Kier molecular flexibility index (Phi) is 3.57. The molecule has 1 aromatic heterocycles. The van der Waals surface area contributed by atoms with Crippen LogP contribution in [0.4, 0.5) is 0 Å². The SMILES string of the molecule is CC.COc1cccc2occ(C)c12. The fourth-order valence-corrected chi connectivity index (χ4v) is 1.38. The first-order chi connectivity index (χ1) is 6.83. The predicted octanol–water partition coefficient (Wildman–Crippen LogP) is 3.78. The Morgan fingerprint density at radius 2 is 1.93 bits per heavy atom. The van der Waals surface area contributed by atoms with Crippen LogP contribution in [-0.4, -0.2) is 7.11 Å². The lowest BCUT2D eigenvalue weighted by Crippen LogP contribution is -1.82. The summed E-state index contributed by atoms with van der Waals surface area (Å²) in [6.07, 6.45) is 1.74. The number of aryl methyl sites for hydroxylation is 1. The molecule has 14 heavy (non-hydrogen) atoms. The van der Waals surface area contributed by atoms with E-state index in [2.05, 4.69) is 0 Å². The average Bonchev–Trinajstić information content (AvgIpc) is 2.64. The number of rotatable bonds is 1. The van der Waals surface area contributed by atoms with Crippen LogP contribution in [0.2, 0.25) is 0 Å². The first-order valence-electron chi connectivity index (χ1n) is 4.83. The van der Waals surface area contributed by atoms with Crippen LogP contribution >= 0.6 is 0 Å². The minimum Gasteiger partial charge on any atom is -0.496 e. The fraction of sp³-hybridized carbons (Fsp3) is 0.333. The van der Waals surface area contributed by atoms with E-state index in [1.165, 1.54) is 0 Å². The molecule has 0 aliphatic heterocycles. The van der Waals surface area contributed by atoms with Gasteiger partial charge in [-0.2, -0.15) is 0 Å². The zero-order chi connectivity index (χ0) is 10.6. The molecule has 76 valence electrons. The van der Waals surface area contributed by atoms with Gasteiger partial charge >= 0.3 is 0 Å². The monoisotopic (exact) mass is 192 g/mol. The van der Waals surface area contributed by atoms with Gasteiger partial charge in [0.2, 0.25) is 0 Å². The summed E-state index contributed by atoms with van der Waals surface area (Å²) in [5, 5.41) is 1.07. The molecule has 2 heteroatoms. The lowest BCUT2D eigenvalue weighted by molar-refractivity contribution is 0.419. The molecule has 0 atom stereocenters. The van der Waals surface area contributed by atoms with E-state index >= 15 is 0 Å². The van der Waals surface area contributed by atoms with Crippen LogP contribution in [0.15, 0.2) is 28.9 Å². The first-order valence-corrected chi connectivity index (χ1v) is 4.83. The summed E-state index contributed by atoms with van der Waals surface area (Å²) in [6, 6.07) is 5.79. The van der Waals surface area contributed by atoms with Gasteiger partial charge in [0.15, 0.2) is 0 Å². The maximum absolute atomic E-state index is 5.31. The van der Waals surface area contributed by atoms with Gasteiger partial charge in [-0.15, -0.1) is 0 Å². The van der Waals surface area contributed by atoms with E-state index in [9.17, 15) is 0 Å². The summed E-state index contributed by atoms with van der Waals surface area (Å²) in [5.74, 6) is 0.874. The number of furan rings is 1. The van der Waals surface area contributed by atoms with E-state index in [4.69, 9.17) is 9.15 Å². The predicted molar refractivity (Wildman–Crippen MR) is 58.9 cm³/mol. The molecule has 1 heterocycles. The van der Waals surface area contributed by atoms with Crippen molar-refractivity contribution in [2.75, 3.05) is 7.11 Å². The highest BCUT2D eigenvalue weighted by atomic mass is 16.5. The summed E-state index contributed by atoms with van der Waals surface area (Å²) >= 11 is 0. The van der Waals surface area contributed by atoms with Crippen LogP contribution in [0.5, 0.6) is 5.75 Å². The minimum absolute atomic E-state index is 0.874. The topological polar surface area (TPSA) is 22.4 Å². The molecule has 0 spiro atoms. The van der Waals surface area contributed by atoms with Crippen molar-refractivity contribution in [1.82, 2.24) is 0 Å². The Bertz CT molecular complexity index is 402. The summed E-state index contributed by atoms with van der Waals surface area (Å²) < 4.78 is 10.5. The van der Waals surface area contributed by atoms with Crippen LogP contribution in [0, 0.1) is 6.92 Å². The third kappa shape index (κ3) is 1.74. The Morgan fingerprint density at radius 1 is 1.21 bits per heavy atom. The van der Waals surface area contributed by atoms with Crippen molar-refractivity contribution in [3.8, 4) is 5.75 Å². The zero-order valence-corrected chi connectivity index (χ0v) is 9.13. The lowest BCUT2D eigenvalue weighted by Gasteiger charge is -2.00. The van der Waals surface area contributed by atoms with Gasteiger partial charge < -0.3 is 9.15 Å². The molecule has 0 N–H and O–H groups in total. The first kappa shape index (κ1) is 10.6. The normalized spacial score (nSPS) is 9.43. The van der Waals surface area contributed by atoms with Gasteiger partial charge in [-0.1, -0.05) is 19.9 Å². The average molecular weight is 192 g/mol. The van der Waals surface area contributed by atoms with Crippen molar-refractivity contribution in [2.24, 2.45) is 0 Å². The van der Waals surface area contributed by atoms with Crippen LogP contribution in [0.1, 0.15) is 19.4 Å². The summed E-state index contributed by atoms with van der Waals surface area (Å²) in [5.41, 5.74) is 1.99. The van der Waals surface area contributed by atoms with Crippen molar-refractivity contribution in [2.45, 2.75) is 20.8 Å². The van der Waals surface area contributed by atoms with E-state index in [1.807, 2.05) is 39.0 Å². The number of ether oxygens (including phenoxy) is 1. The number of hydrogen-bond donors (Lipinski definition) is 0. The molecule has 0 aliphatic carbocycles. The van der Waals surface area contributed by atoms with Crippen LogP contribution in [-0.2, 0) is 0 Å². The highest BCUT2D eigenvalue weighted by Gasteiger charge is 2.06. The molecule has 0 unspecified atom stereocenters. The summed E-state index contributed by atoms with van der Waals surface area (Å²) in [4.78, 5) is 0. The third-order valence-corrected chi connectivity index (χ3v) is 1.96. The molecule has 0 saturated carbocycles. The number of hydrogen-bond acceptors (Lipinski definition) is 2. The van der Waals surface area contributed by atoms with Gasteiger partial charge in [0.05, 0.1) is 18.8 Å². The molecule has 0 aliphatic rings. The van der Waals surface area contributed by atoms with Crippen LogP contribution in [0.3, 0.4) is 0 Å². The maximum Gasteiger partial charge on any atom is 0.137 e. The van der Waals surface area contributed by atoms with Crippen LogP contribution < -0.4 is 4.74 Å². The molecule has 0 bridgehead atoms. The Balaban J connectivity index is 0.000000461. The quantitative estimate of drug-likeness (QED) is 0.686. The van der Waals surface area contributed by atoms with Crippen molar-refractivity contribution in [3.63, 3.8) is 0 Å². The van der Waals surface area contributed by atoms with E-state index in [1.54, 1.807) is 13.4 Å². The van der Waals surface area contributed by atoms with Gasteiger partial charge in [0, 0.05) is 0 Å². The van der Waals surface area contributed by atoms with Gasteiger partial charge in [0.25, 0.3) is 0 Å². The van der Waals surface area contributed by atoms with Gasteiger partial charge in [-0.25, -0.2) is 0 Å². The van der Waals surface area contributed by atoms with E-state index in [-0.39, 0.29) is 0 Å². The van der Waals surface area contributed by atoms with E-state index < -0.39 is 0 Å². The van der Waals surface area contributed by atoms with Crippen molar-refractivity contribution < 1.29 is 9.15 Å². The lowest BCUT2D eigenvalue weighted by atomic mass is 10.2. The van der Waals surface area contributed by atoms with E-state index in [0.717, 1.165) is 22.3 Å². The molecule has 0 amide bonds. The Morgan fingerprint density at radius 3 is 2.57 bits per heavy atom. The summed E-state index contributed by atoms with van der Waals surface area (Å²) in [7, 11) is 1.67. The van der Waals surface area contributed by atoms with Gasteiger partial charge in [0.1, 0.15) is 11.3 Å². The number of fused-ring (bicyclic) bond motifs is 1. The number of methoxy groups -OCH3 is 1. The Labute approximate surface area is 84.5 Å².